The molecule has 1 amide bonds. The Morgan fingerprint density at radius 3 is 2.44 bits per heavy atom. The highest BCUT2D eigenvalue weighted by atomic mass is 16.4. The van der Waals surface area contributed by atoms with Crippen molar-refractivity contribution in [2.45, 2.75) is 32.6 Å². The van der Waals surface area contributed by atoms with Gasteiger partial charge in [-0.25, -0.2) is 4.79 Å². The van der Waals surface area contributed by atoms with E-state index < -0.39 is 6.09 Å². The Kier molecular flexibility index (Phi) is 3.58. The van der Waals surface area contributed by atoms with Crippen LogP contribution in [-0.2, 0) is 5.41 Å². The summed E-state index contributed by atoms with van der Waals surface area (Å²) < 4.78 is 0. The van der Waals surface area contributed by atoms with Crippen molar-refractivity contribution in [1.29, 1.82) is 0 Å². The zero-order valence-electron chi connectivity index (χ0n) is 10.3. The molecule has 0 aromatic heterocycles. The summed E-state index contributed by atoms with van der Waals surface area (Å²) in [6.07, 6.45) is 0.0386. The number of carbonyl (C=O) groups is 1. The lowest BCUT2D eigenvalue weighted by Crippen LogP contribution is -2.28. The zero-order chi connectivity index (χ0) is 12.3. The first kappa shape index (κ1) is 12.6. The van der Waals surface area contributed by atoms with Crippen LogP contribution in [0, 0.1) is 0 Å². The average Bonchev–Trinajstić information content (AvgIpc) is 2.28. The van der Waals surface area contributed by atoms with E-state index in [-0.39, 0.29) is 5.41 Å². The van der Waals surface area contributed by atoms with Gasteiger partial charge in [0.15, 0.2) is 0 Å². The average molecular weight is 221 g/mol. The number of anilines is 1. The Morgan fingerprint density at radius 1 is 1.38 bits per heavy atom. The van der Waals surface area contributed by atoms with Gasteiger partial charge in [0, 0.05) is 7.05 Å². The number of amides is 1. The normalized spacial score (nSPS) is 11.2. The zero-order valence-corrected chi connectivity index (χ0v) is 10.3. The van der Waals surface area contributed by atoms with Crippen LogP contribution in [0.5, 0.6) is 0 Å². The molecule has 0 unspecified atom stereocenters. The minimum atomic E-state index is -0.931. The van der Waals surface area contributed by atoms with Crippen molar-refractivity contribution in [2.75, 3.05) is 11.9 Å². The largest absolute Gasteiger partial charge is 0.465 e. The van der Waals surface area contributed by atoms with E-state index in [1.807, 2.05) is 24.3 Å². The monoisotopic (exact) mass is 221 g/mol. The van der Waals surface area contributed by atoms with Gasteiger partial charge in [-0.3, -0.25) is 4.90 Å². The van der Waals surface area contributed by atoms with Crippen LogP contribution < -0.4 is 4.90 Å². The van der Waals surface area contributed by atoms with Crippen LogP contribution in [0.15, 0.2) is 24.3 Å². The third kappa shape index (κ3) is 2.35. The van der Waals surface area contributed by atoms with Crippen LogP contribution in [0.4, 0.5) is 10.5 Å². The van der Waals surface area contributed by atoms with Crippen LogP contribution in [0.3, 0.4) is 0 Å². The van der Waals surface area contributed by atoms with Crippen LogP contribution >= 0.6 is 0 Å². The highest BCUT2D eigenvalue weighted by Crippen LogP contribution is 2.34. The summed E-state index contributed by atoms with van der Waals surface area (Å²) in [6, 6.07) is 7.66. The molecule has 0 spiro atoms. The molecule has 1 aromatic rings. The summed E-state index contributed by atoms with van der Waals surface area (Å²) in [4.78, 5) is 12.3. The maximum absolute atomic E-state index is 11.0. The molecule has 1 N–H and O–H groups in total. The molecule has 0 saturated heterocycles. The molecular weight excluding hydrogens is 202 g/mol. The van der Waals surface area contributed by atoms with Crippen molar-refractivity contribution in [3.8, 4) is 0 Å². The maximum atomic E-state index is 11.0. The first-order valence-electron chi connectivity index (χ1n) is 5.46. The van der Waals surface area contributed by atoms with E-state index >= 15 is 0 Å². The molecule has 16 heavy (non-hydrogen) atoms. The predicted molar refractivity (Wildman–Crippen MR) is 66.2 cm³/mol. The van der Waals surface area contributed by atoms with Gasteiger partial charge in [-0.1, -0.05) is 39.0 Å². The van der Waals surface area contributed by atoms with Gasteiger partial charge in [0.05, 0.1) is 5.69 Å². The Hall–Kier alpha value is -1.51. The minimum Gasteiger partial charge on any atom is -0.465 e. The molecule has 88 valence electrons. The summed E-state index contributed by atoms with van der Waals surface area (Å²) >= 11 is 0. The summed E-state index contributed by atoms with van der Waals surface area (Å²) in [5.74, 6) is 0. The van der Waals surface area contributed by atoms with E-state index in [0.29, 0.717) is 0 Å². The van der Waals surface area contributed by atoms with Crippen molar-refractivity contribution >= 4 is 11.8 Å². The van der Waals surface area contributed by atoms with Crippen molar-refractivity contribution in [3.63, 3.8) is 0 Å². The third-order valence-electron chi connectivity index (χ3n) is 3.17. The molecule has 0 aliphatic heterocycles. The number of para-hydroxylation sites is 1. The Labute approximate surface area is 96.7 Å². The molecule has 3 nitrogen and oxygen atoms in total. The van der Waals surface area contributed by atoms with E-state index in [0.717, 1.165) is 17.7 Å². The topological polar surface area (TPSA) is 40.5 Å². The Bertz CT molecular complexity index is 385. The van der Waals surface area contributed by atoms with Gasteiger partial charge in [0.2, 0.25) is 0 Å². The van der Waals surface area contributed by atoms with Gasteiger partial charge in [-0.05, 0) is 23.5 Å². The van der Waals surface area contributed by atoms with Crippen LogP contribution in [0.25, 0.3) is 0 Å². The number of hydrogen-bond acceptors (Lipinski definition) is 1. The van der Waals surface area contributed by atoms with Gasteiger partial charge >= 0.3 is 6.09 Å². The van der Waals surface area contributed by atoms with Crippen molar-refractivity contribution in [2.24, 2.45) is 0 Å². The predicted octanol–water partition coefficient (Wildman–Crippen LogP) is 3.49. The van der Waals surface area contributed by atoms with Gasteiger partial charge < -0.3 is 5.11 Å². The second-order valence-corrected chi connectivity index (χ2v) is 4.60. The summed E-state index contributed by atoms with van der Waals surface area (Å²) in [5, 5.41) is 9.02. The van der Waals surface area contributed by atoms with Gasteiger partial charge in [-0.15, -0.1) is 0 Å². The van der Waals surface area contributed by atoms with E-state index in [4.69, 9.17) is 5.11 Å². The fourth-order valence-corrected chi connectivity index (χ4v) is 1.63. The molecule has 0 aliphatic rings. The summed E-state index contributed by atoms with van der Waals surface area (Å²) in [7, 11) is 1.58. The maximum Gasteiger partial charge on any atom is 0.411 e. The lowest BCUT2D eigenvalue weighted by molar-refractivity contribution is 0.203. The standard InChI is InChI=1S/C13H19NO2/c1-5-13(2,3)10-8-6-7-9-11(10)14(4)12(15)16/h6-9H,5H2,1-4H3,(H,15,16). The van der Waals surface area contributed by atoms with Crippen molar-refractivity contribution in [1.82, 2.24) is 0 Å². The first-order chi connectivity index (χ1) is 7.40. The first-order valence-corrected chi connectivity index (χ1v) is 5.46. The molecule has 1 rings (SSSR count). The molecule has 0 atom stereocenters. The molecule has 0 bridgehead atoms. The van der Waals surface area contributed by atoms with E-state index in [1.165, 1.54) is 4.90 Å². The van der Waals surface area contributed by atoms with Crippen LogP contribution in [0.1, 0.15) is 32.8 Å². The molecule has 1 aromatic carbocycles. The molecular formula is C13H19NO2. The lowest BCUT2D eigenvalue weighted by Gasteiger charge is -2.28. The smallest absolute Gasteiger partial charge is 0.411 e. The van der Waals surface area contributed by atoms with Crippen molar-refractivity contribution in [3.05, 3.63) is 29.8 Å². The highest BCUT2D eigenvalue weighted by Gasteiger charge is 2.24. The fourth-order valence-electron chi connectivity index (χ4n) is 1.63. The van der Waals surface area contributed by atoms with Gasteiger partial charge in [0.1, 0.15) is 0 Å². The SMILES string of the molecule is CCC(C)(C)c1ccccc1N(C)C(=O)O. The van der Waals surface area contributed by atoms with Crippen molar-refractivity contribution < 1.29 is 9.90 Å². The number of benzene rings is 1. The van der Waals surface area contributed by atoms with E-state index in [1.54, 1.807) is 7.05 Å². The number of nitrogens with zero attached hydrogens (tertiary/aromatic N) is 1. The van der Waals surface area contributed by atoms with Crippen LogP contribution in [0.2, 0.25) is 0 Å². The minimum absolute atomic E-state index is 0.0136. The number of rotatable bonds is 3. The number of carboxylic acid groups (broad SMARTS) is 1. The molecule has 3 heteroatoms. The summed E-state index contributed by atoms with van der Waals surface area (Å²) in [5.41, 5.74) is 1.82. The molecule has 0 aliphatic carbocycles. The second kappa shape index (κ2) is 4.56. The van der Waals surface area contributed by atoms with Gasteiger partial charge in [0.25, 0.3) is 0 Å². The molecule has 0 radical (unpaired) electrons. The van der Waals surface area contributed by atoms with Gasteiger partial charge in [-0.2, -0.15) is 0 Å². The molecule has 0 saturated carbocycles. The Morgan fingerprint density at radius 2 is 1.94 bits per heavy atom. The fraction of sp³-hybridized carbons (Fsp3) is 0.462. The second-order valence-electron chi connectivity index (χ2n) is 4.60. The lowest BCUT2D eigenvalue weighted by atomic mass is 9.81. The Balaban J connectivity index is 3.25. The molecule has 0 heterocycles. The molecule has 0 fully saturated rings. The number of hydrogen-bond donors (Lipinski definition) is 1. The quantitative estimate of drug-likeness (QED) is 0.848. The van der Waals surface area contributed by atoms with Crippen LogP contribution in [-0.4, -0.2) is 18.2 Å². The third-order valence-corrected chi connectivity index (χ3v) is 3.17. The van der Waals surface area contributed by atoms with E-state index in [2.05, 4.69) is 20.8 Å². The summed E-state index contributed by atoms with van der Waals surface area (Å²) in [6.45, 7) is 6.36. The van der Waals surface area contributed by atoms with E-state index in [9.17, 15) is 4.79 Å². The highest BCUT2D eigenvalue weighted by molar-refractivity contribution is 5.86.